The summed E-state index contributed by atoms with van der Waals surface area (Å²) in [6, 6.07) is 9.41. The lowest BCUT2D eigenvalue weighted by Crippen LogP contribution is -2.62. The Kier molecular flexibility index (Phi) is 4.54. The van der Waals surface area contributed by atoms with Crippen LogP contribution in [0.1, 0.15) is 18.4 Å². The number of rotatable bonds is 4. The summed E-state index contributed by atoms with van der Waals surface area (Å²) in [7, 11) is 0. The Hall–Kier alpha value is -0.980. The van der Waals surface area contributed by atoms with Crippen molar-refractivity contribution >= 4 is 0 Å². The van der Waals surface area contributed by atoms with Gasteiger partial charge in [-0.15, -0.1) is 0 Å². The lowest BCUT2D eigenvalue weighted by Gasteiger charge is -2.42. The van der Waals surface area contributed by atoms with Crippen molar-refractivity contribution in [3.8, 4) is 0 Å². The summed E-state index contributed by atoms with van der Waals surface area (Å²) in [5.74, 6) is 0. The first-order valence-electron chi connectivity index (χ1n) is 6.42. The molecule has 4 unspecified atom stereocenters. The van der Waals surface area contributed by atoms with Crippen LogP contribution >= 0.6 is 0 Å². The smallest absolute Gasteiger partial charge is 0.142 e. The standard InChI is InChI=1S/C14H20O5/c15-11-6-7-12(16)14(18,13(11)17)9-19-8-10-4-2-1-3-5-10/h1-5,11-13,15-18H,6-9H2. The Balaban J connectivity index is 1.93. The van der Waals surface area contributed by atoms with Crippen molar-refractivity contribution < 1.29 is 25.2 Å². The molecule has 4 atom stereocenters. The van der Waals surface area contributed by atoms with E-state index in [1.54, 1.807) is 0 Å². The van der Waals surface area contributed by atoms with E-state index in [1.807, 2.05) is 30.3 Å². The molecule has 0 aliphatic heterocycles. The van der Waals surface area contributed by atoms with Gasteiger partial charge in [0, 0.05) is 0 Å². The summed E-state index contributed by atoms with van der Waals surface area (Å²) in [5, 5.41) is 39.5. The van der Waals surface area contributed by atoms with Gasteiger partial charge in [0.2, 0.25) is 0 Å². The fourth-order valence-electron chi connectivity index (χ4n) is 2.35. The molecule has 4 N–H and O–H groups in total. The van der Waals surface area contributed by atoms with Crippen LogP contribution in [0, 0.1) is 0 Å². The van der Waals surface area contributed by atoms with E-state index in [0.29, 0.717) is 0 Å². The average molecular weight is 268 g/mol. The van der Waals surface area contributed by atoms with Crippen molar-refractivity contribution in [1.29, 1.82) is 0 Å². The molecule has 0 radical (unpaired) electrons. The lowest BCUT2D eigenvalue weighted by atomic mass is 9.78. The van der Waals surface area contributed by atoms with Crippen LogP contribution in [0.2, 0.25) is 0 Å². The highest BCUT2D eigenvalue weighted by Gasteiger charge is 2.49. The van der Waals surface area contributed by atoms with Crippen molar-refractivity contribution in [2.75, 3.05) is 6.61 Å². The number of benzene rings is 1. The van der Waals surface area contributed by atoms with Crippen LogP contribution < -0.4 is 0 Å². The molecular weight excluding hydrogens is 248 g/mol. The highest BCUT2D eigenvalue weighted by atomic mass is 16.5. The number of hydrogen-bond donors (Lipinski definition) is 4. The van der Waals surface area contributed by atoms with E-state index in [4.69, 9.17) is 4.74 Å². The minimum Gasteiger partial charge on any atom is -0.390 e. The van der Waals surface area contributed by atoms with E-state index in [1.165, 1.54) is 0 Å². The summed E-state index contributed by atoms with van der Waals surface area (Å²) >= 11 is 0. The predicted molar refractivity (Wildman–Crippen MR) is 68.3 cm³/mol. The molecule has 1 aromatic rings. The molecule has 0 amide bonds. The molecule has 0 bridgehead atoms. The summed E-state index contributed by atoms with van der Waals surface area (Å²) < 4.78 is 5.37. The first-order valence-corrected chi connectivity index (χ1v) is 6.42. The summed E-state index contributed by atoms with van der Waals surface area (Å²) in [6.07, 6.45) is -3.02. The minimum absolute atomic E-state index is 0.221. The predicted octanol–water partition coefficient (Wildman–Crippen LogP) is -0.189. The van der Waals surface area contributed by atoms with Crippen LogP contribution in [-0.4, -0.2) is 50.9 Å². The molecule has 0 aromatic heterocycles. The van der Waals surface area contributed by atoms with Crippen molar-refractivity contribution in [2.45, 2.75) is 43.4 Å². The van der Waals surface area contributed by atoms with Gasteiger partial charge in [-0.25, -0.2) is 0 Å². The third-order valence-electron chi connectivity index (χ3n) is 3.63. The Labute approximate surface area is 112 Å². The molecule has 1 fully saturated rings. The Morgan fingerprint density at radius 3 is 2.47 bits per heavy atom. The number of ether oxygens (including phenoxy) is 1. The topological polar surface area (TPSA) is 90.2 Å². The maximum atomic E-state index is 10.3. The van der Waals surface area contributed by atoms with E-state index in [-0.39, 0.29) is 26.1 Å². The summed E-state index contributed by atoms with van der Waals surface area (Å²) in [6.45, 7) is 0.0555. The summed E-state index contributed by atoms with van der Waals surface area (Å²) in [5.41, 5.74) is -0.877. The molecule has 0 heterocycles. The highest BCUT2D eigenvalue weighted by Crippen LogP contribution is 2.30. The normalized spacial score (nSPS) is 35.3. The van der Waals surface area contributed by atoms with Gasteiger partial charge in [0.05, 0.1) is 25.4 Å². The second-order valence-electron chi connectivity index (χ2n) is 5.07. The third-order valence-corrected chi connectivity index (χ3v) is 3.63. The lowest BCUT2D eigenvalue weighted by molar-refractivity contribution is -0.224. The Bertz CT molecular complexity index is 396. The Morgan fingerprint density at radius 2 is 1.79 bits per heavy atom. The van der Waals surface area contributed by atoms with Gasteiger partial charge in [0.25, 0.3) is 0 Å². The molecule has 1 aliphatic rings. The van der Waals surface area contributed by atoms with Crippen molar-refractivity contribution in [2.24, 2.45) is 0 Å². The zero-order valence-electron chi connectivity index (χ0n) is 10.6. The van der Waals surface area contributed by atoms with Crippen LogP contribution in [0.15, 0.2) is 30.3 Å². The van der Waals surface area contributed by atoms with Gasteiger partial charge in [0.1, 0.15) is 11.7 Å². The fourth-order valence-corrected chi connectivity index (χ4v) is 2.35. The minimum atomic E-state index is -1.81. The molecule has 1 aromatic carbocycles. The average Bonchev–Trinajstić information content (AvgIpc) is 2.43. The van der Waals surface area contributed by atoms with E-state index in [9.17, 15) is 20.4 Å². The molecule has 0 spiro atoms. The number of aliphatic hydroxyl groups is 4. The monoisotopic (exact) mass is 268 g/mol. The molecule has 0 saturated heterocycles. The number of aliphatic hydroxyl groups excluding tert-OH is 3. The van der Waals surface area contributed by atoms with Crippen molar-refractivity contribution in [3.05, 3.63) is 35.9 Å². The number of hydrogen-bond acceptors (Lipinski definition) is 5. The molecule has 5 heteroatoms. The molecule has 5 nitrogen and oxygen atoms in total. The first kappa shape index (κ1) is 14.4. The van der Waals surface area contributed by atoms with Crippen LogP contribution in [0.5, 0.6) is 0 Å². The fraction of sp³-hybridized carbons (Fsp3) is 0.571. The van der Waals surface area contributed by atoms with Crippen LogP contribution in [0.25, 0.3) is 0 Å². The van der Waals surface area contributed by atoms with Gasteiger partial charge in [-0.3, -0.25) is 0 Å². The molecule has 1 aliphatic carbocycles. The van der Waals surface area contributed by atoms with Gasteiger partial charge >= 0.3 is 0 Å². The molecule has 2 rings (SSSR count). The first-order chi connectivity index (χ1) is 9.04. The van der Waals surface area contributed by atoms with Crippen LogP contribution in [0.4, 0.5) is 0 Å². The van der Waals surface area contributed by atoms with Crippen LogP contribution in [0.3, 0.4) is 0 Å². The quantitative estimate of drug-likeness (QED) is 0.608. The van der Waals surface area contributed by atoms with Gasteiger partial charge in [-0.05, 0) is 18.4 Å². The maximum absolute atomic E-state index is 10.3. The Morgan fingerprint density at radius 1 is 1.11 bits per heavy atom. The second-order valence-corrected chi connectivity index (χ2v) is 5.07. The SMILES string of the molecule is OC1CCC(O)C(O)(COCc2ccccc2)C1O. The van der Waals surface area contributed by atoms with Gasteiger partial charge < -0.3 is 25.2 Å². The van der Waals surface area contributed by atoms with Crippen molar-refractivity contribution in [3.63, 3.8) is 0 Å². The highest BCUT2D eigenvalue weighted by molar-refractivity contribution is 5.13. The summed E-state index contributed by atoms with van der Waals surface area (Å²) in [4.78, 5) is 0. The molecule has 1 saturated carbocycles. The van der Waals surface area contributed by atoms with Gasteiger partial charge in [-0.1, -0.05) is 30.3 Å². The molecule has 19 heavy (non-hydrogen) atoms. The van der Waals surface area contributed by atoms with E-state index < -0.39 is 23.9 Å². The zero-order chi connectivity index (χ0) is 13.9. The largest absolute Gasteiger partial charge is 0.390 e. The maximum Gasteiger partial charge on any atom is 0.142 e. The molecule has 106 valence electrons. The van der Waals surface area contributed by atoms with Crippen molar-refractivity contribution in [1.82, 2.24) is 0 Å². The van der Waals surface area contributed by atoms with E-state index >= 15 is 0 Å². The van der Waals surface area contributed by atoms with E-state index in [0.717, 1.165) is 5.56 Å². The zero-order valence-corrected chi connectivity index (χ0v) is 10.6. The third kappa shape index (κ3) is 3.13. The molecular formula is C14H20O5. The van der Waals surface area contributed by atoms with Gasteiger partial charge in [0.15, 0.2) is 0 Å². The van der Waals surface area contributed by atoms with E-state index in [2.05, 4.69) is 0 Å². The van der Waals surface area contributed by atoms with Crippen LogP contribution in [-0.2, 0) is 11.3 Å². The second kappa shape index (κ2) is 5.98. The van der Waals surface area contributed by atoms with Gasteiger partial charge in [-0.2, -0.15) is 0 Å².